The third-order valence-electron chi connectivity index (χ3n) is 4.65. The summed E-state index contributed by atoms with van der Waals surface area (Å²) in [5.41, 5.74) is -0.813. The lowest BCUT2D eigenvalue weighted by molar-refractivity contribution is -0.148. The van der Waals surface area contributed by atoms with E-state index in [0.29, 0.717) is 11.2 Å². The molecule has 1 aromatic heterocycles. The summed E-state index contributed by atoms with van der Waals surface area (Å²) in [6, 6.07) is 11.5. The van der Waals surface area contributed by atoms with E-state index in [1.54, 1.807) is 45.2 Å². The molecule has 0 aliphatic heterocycles. The fourth-order valence-corrected chi connectivity index (χ4v) is 3.17. The zero-order chi connectivity index (χ0) is 25.1. The summed E-state index contributed by atoms with van der Waals surface area (Å²) >= 11 is 0. The molecule has 5 nitrogen and oxygen atoms in total. The van der Waals surface area contributed by atoms with Crippen molar-refractivity contribution in [1.82, 2.24) is 4.98 Å². The largest absolute Gasteiger partial charge is 0.457 e. The Labute approximate surface area is 195 Å². The van der Waals surface area contributed by atoms with Gasteiger partial charge in [-0.25, -0.2) is 4.79 Å². The van der Waals surface area contributed by atoms with Crippen molar-refractivity contribution in [3.63, 3.8) is 0 Å². The topological polar surface area (TPSA) is 68.3 Å². The molecule has 0 unspecified atom stereocenters. The molecule has 0 atom stereocenters. The number of allylic oxidation sites excluding steroid dienone is 2. The zero-order valence-corrected chi connectivity index (χ0v) is 18.9. The highest BCUT2D eigenvalue weighted by atomic mass is 19.4. The smallest absolute Gasteiger partial charge is 0.416 e. The van der Waals surface area contributed by atoms with Crippen LogP contribution in [0.3, 0.4) is 0 Å². The number of pyridine rings is 1. The maximum atomic E-state index is 13.4. The first-order valence-corrected chi connectivity index (χ1v) is 10.3. The second-order valence-corrected chi connectivity index (χ2v) is 8.48. The lowest BCUT2D eigenvalue weighted by Crippen LogP contribution is -2.22. The quantitative estimate of drug-likeness (QED) is 0.267. The van der Waals surface area contributed by atoms with Crippen molar-refractivity contribution in [2.24, 2.45) is 0 Å². The molecule has 34 heavy (non-hydrogen) atoms. The Hall–Kier alpha value is -3.94. The van der Waals surface area contributed by atoms with Gasteiger partial charge in [-0.15, -0.1) is 0 Å². The normalized spacial score (nSPS) is 12.1. The van der Waals surface area contributed by atoms with Crippen molar-refractivity contribution < 1.29 is 27.5 Å². The number of carbonyl (C=O) groups excluding carboxylic acids is 2. The van der Waals surface area contributed by atoms with Gasteiger partial charge in [0.1, 0.15) is 5.60 Å². The van der Waals surface area contributed by atoms with Crippen LogP contribution in [0.4, 0.5) is 18.9 Å². The van der Waals surface area contributed by atoms with Gasteiger partial charge < -0.3 is 10.1 Å². The molecule has 0 saturated carbocycles. The molecule has 3 rings (SSSR count). The summed E-state index contributed by atoms with van der Waals surface area (Å²) in [6.45, 7) is 8.82. The number of aromatic nitrogens is 1. The van der Waals surface area contributed by atoms with Crippen LogP contribution in [0.2, 0.25) is 0 Å². The first-order chi connectivity index (χ1) is 15.8. The van der Waals surface area contributed by atoms with Crippen molar-refractivity contribution in [2.45, 2.75) is 32.5 Å². The van der Waals surface area contributed by atoms with Crippen molar-refractivity contribution >= 4 is 34.0 Å². The number of ether oxygens (including phenoxy) is 1. The molecular weight excluding hydrogens is 445 g/mol. The van der Waals surface area contributed by atoms with Gasteiger partial charge in [-0.2, -0.15) is 13.2 Å². The molecule has 1 amide bonds. The number of amides is 1. The molecule has 0 fully saturated rings. The number of esters is 1. The lowest BCUT2D eigenvalue weighted by atomic mass is 9.96. The Bertz CT molecular complexity index is 1280. The summed E-state index contributed by atoms with van der Waals surface area (Å²) in [5, 5.41) is 3.50. The highest BCUT2D eigenvalue weighted by molar-refractivity contribution is 6.11. The fourth-order valence-electron chi connectivity index (χ4n) is 3.17. The van der Waals surface area contributed by atoms with Crippen LogP contribution in [0.15, 0.2) is 73.5 Å². The minimum absolute atomic E-state index is 0.0400. The predicted molar refractivity (Wildman–Crippen MR) is 125 cm³/mol. The molecule has 0 bridgehead atoms. The molecule has 0 aliphatic carbocycles. The second kappa shape index (κ2) is 9.51. The van der Waals surface area contributed by atoms with E-state index in [1.807, 2.05) is 12.1 Å². The summed E-state index contributed by atoms with van der Waals surface area (Å²) in [7, 11) is 0. The van der Waals surface area contributed by atoms with E-state index in [0.717, 1.165) is 29.7 Å². The molecule has 2 aromatic carbocycles. The number of nitrogens with zero attached hydrogens (tertiary/aromatic N) is 1. The van der Waals surface area contributed by atoms with E-state index in [4.69, 9.17) is 4.74 Å². The van der Waals surface area contributed by atoms with Crippen molar-refractivity contribution in [3.8, 4) is 0 Å². The maximum absolute atomic E-state index is 13.4. The van der Waals surface area contributed by atoms with Crippen LogP contribution in [-0.4, -0.2) is 22.5 Å². The molecule has 176 valence electrons. The van der Waals surface area contributed by atoms with Crippen LogP contribution < -0.4 is 5.32 Å². The number of hydrogen-bond donors (Lipinski definition) is 1. The van der Waals surface area contributed by atoms with Crippen LogP contribution in [0.1, 0.15) is 42.3 Å². The number of rotatable bonds is 5. The number of carbonyl (C=O) groups is 2. The summed E-state index contributed by atoms with van der Waals surface area (Å²) in [5.74, 6) is -1.33. The third-order valence-corrected chi connectivity index (χ3v) is 4.65. The van der Waals surface area contributed by atoms with Crippen LogP contribution in [0.25, 0.3) is 16.5 Å². The molecule has 0 radical (unpaired) electrons. The molecule has 3 aromatic rings. The number of halogens is 3. The average molecular weight is 468 g/mol. The van der Waals surface area contributed by atoms with Crippen LogP contribution in [0.5, 0.6) is 0 Å². The van der Waals surface area contributed by atoms with Crippen LogP contribution in [-0.2, 0) is 15.7 Å². The minimum atomic E-state index is -4.63. The molecule has 0 aliphatic rings. The van der Waals surface area contributed by atoms with Crippen molar-refractivity contribution in [2.75, 3.05) is 5.32 Å². The lowest BCUT2D eigenvalue weighted by Gasteiger charge is -2.18. The Morgan fingerprint density at radius 3 is 2.38 bits per heavy atom. The van der Waals surface area contributed by atoms with E-state index < -0.39 is 29.2 Å². The van der Waals surface area contributed by atoms with Gasteiger partial charge in [-0.3, -0.25) is 9.78 Å². The first kappa shape index (κ1) is 24.7. The standard InChI is InChI=1S/C26H23F3N2O3/c1-16(10-13-22(32)34-25(2,3)4)20-15-18(26(27,28)29)11-12-19(20)24(33)31-21-9-5-7-17-8-6-14-30-23(17)21/h5-15H,1H2,2-4H3,(H,31,33)/b13-10+. The number of alkyl halides is 3. The fraction of sp³-hybridized carbons (Fsp3) is 0.192. The minimum Gasteiger partial charge on any atom is -0.457 e. The van der Waals surface area contributed by atoms with Gasteiger partial charge in [0.2, 0.25) is 0 Å². The van der Waals surface area contributed by atoms with Gasteiger partial charge in [-0.05, 0) is 68.3 Å². The molecule has 1 N–H and O–H groups in total. The Balaban J connectivity index is 1.97. The maximum Gasteiger partial charge on any atom is 0.416 e. The molecular formula is C26H23F3N2O3. The molecule has 1 heterocycles. The number of nitrogens with one attached hydrogen (secondary N) is 1. The van der Waals surface area contributed by atoms with E-state index in [2.05, 4.69) is 16.9 Å². The average Bonchev–Trinajstić information content (AvgIpc) is 2.75. The number of hydrogen-bond acceptors (Lipinski definition) is 4. The number of para-hydroxylation sites is 1. The van der Waals surface area contributed by atoms with Gasteiger partial charge in [0.15, 0.2) is 0 Å². The van der Waals surface area contributed by atoms with Gasteiger partial charge in [0.05, 0.1) is 16.8 Å². The van der Waals surface area contributed by atoms with Gasteiger partial charge in [0, 0.05) is 23.2 Å². The third kappa shape index (κ3) is 6.10. The monoisotopic (exact) mass is 468 g/mol. The van der Waals surface area contributed by atoms with Gasteiger partial charge in [0.25, 0.3) is 5.91 Å². The Morgan fingerprint density at radius 2 is 1.71 bits per heavy atom. The van der Waals surface area contributed by atoms with E-state index in [1.165, 1.54) is 6.08 Å². The zero-order valence-electron chi connectivity index (χ0n) is 18.9. The molecule has 0 saturated heterocycles. The van der Waals surface area contributed by atoms with Gasteiger partial charge >= 0.3 is 12.1 Å². The molecule has 0 spiro atoms. The van der Waals surface area contributed by atoms with Crippen LogP contribution >= 0.6 is 0 Å². The van der Waals surface area contributed by atoms with Gasteiger partial charge in [-0.1, -0.05) is 24.8 Å². The van der Waals surface area contributed by atoms with E-state index in [9.17, 15) is 22.8 Å². The Morgan fingerprint density at radius 1 is 1.00 bits per heavy atom. The summed E-state index contributed by atoms with van der Waals surface area (Å²) in [4.78, 5) is 29.3. The number of fused-ring (bicyclic) bond motifs is 1. The van der Waals surface area contributed by atoms with E-state index in [-0.39, 0.29) is 16.7 Å². The SMILES string of the molecule is C=C(/C=C/C(=O)OC(C)(C)C)c1cc(C(F)(F)F)ccc1C(=O)Nc1cccc2cccnc12. The number of benzene rings is 2. The van der Waals surface area contributed by atoms with E-state index >= 15 is 0 Å². The predicted octanol–water partition coefficient (Wildman–Crippen LogP) is 6.42. The molecule has 8 heteroatoms. The highest BCUT2D eigenvalue weighted by Gasteiger charge is 2.31. The highest BCUT2D eigenvalue weighted by Crippen LogP contribution is 2.33. The number of anilines is 1. The summed E-state index contributed by atoms with van der Waals surface area (Å²) < 4.78 is 45.2. The second-order valence-electron chi connectivity index (χ2n) is 8.48. The van der Waals surface area contributed by atoms with Crippen molar-refractivity contribution in [3.05, 3.63) is 90.1 Å². The summed E-state index contributed by atoms with van der Waals surface area (Å²) in [6.07, 6.45) is -0.771. The van der Waals surface area contributed by atoms with Crippen molar-refractivity contribution in [1.29, 1.82) is 0 Å². The Kier molecular flexibility index (Phi) is 6.91. The van der Waals surface area contributed by atoms with Crippen LogP contribution in [0, 0.1) is 0 Å². The first-order valence-electron chi connectivity index (χ1n) is 10.3.